The second kappa shape index (κ2) is 7.11. The first-order valence-corrected chi connectivity index (χ1v) is 6.58. The first kappa shape index (κ1) is 13.8. The molecule has 19 heavy (non-hydrogen) atoms. The molecule has 1 aromatic carbocycles. The van der Waals surface area contributed by atoms with Crippen LogP contribution in [0.25, 0.3) is 0 Å². The molecule has 1 aliphatic heterocycles. The van der Waals surface area contributed by atoms with Gasteiger partial charge in [0.15, 0.2) is 0 Å². The summed E-state index contributed by atoms with van der Waals surface area (Å²) in [5, 5.41) is 15.1. The summed E-state index contributed by atoms with van der Waals surface area (Å²) < 4.78 is 5.12. The van der Waals surface area contributed by atoms with Crippen LogP contribution in [0.3, 0.4) is 0 Å². The highest BCUT2D eigenvalue weighted by Gasteiger charge is 2.26. The van der Waals surface area contributed by atoms with Gasteiger partial charge in [-0.15, -0.1) is 0 Å². The van der Waals surface area contributed by atoms with E-state index >= 15 is 0 Å². The molecule has 0 saturated carbocycles. The maximum absolute atomic E-state index is 11.6. The fourth-order valence-electron chi connectivity index (χ4n) is 2.27. The molecule has 1 aromatic rings. The molecule has 0 spiro atoms. The van der Waals surface area contributed by atoms with Crippen LogP contribution in [0.2, 0.25) is 0 Å². The summed E-state index contributed by atoms with van der Waals surface area (Å²) in [4.78, 5) is 11.6. The van der Waals surface area contributed by atoms with Crippen LogP contribution in [0.15, 0.2) is 30.3 Å². The summed E-state index contributed by atoms with van der Waals surface area (Å²) in [5.41, 5.74) is 0.966. The molecule has 1 fully saturated rings. The highest BCUT2D eigenvalue weighted by molar-refractivity contribution is 5.67. The summed E-state index contributed by atoms with van der Waals surface area (Å²) in [6.07, 6.45) is 0.553. The number of alkyl carbamates (subject to hydrolysis) is 1. The number of hydrogen-bond acceptors (Lipinski definition) is 4. The minimum Gasteiger partial charge on any atom is -0.445 e. The third-order valence-corrected chi connectivity index (χ3v) is 3.41. The molecule has 1 heterocycles. The van der Waals surface area contributed by atoms with E-state index in [2.05, 4.69) is 10.6 Å². The molecule has 0 aliphatic carbocycles. The number of nitrogens with one attached hydrogen (secondary N) is 2. The summed E-state index contributed by atoms with van der Waals surface area (Å²) in [6, 6.07) is 9.64. The second-order valence-corrected chi connectivity index (χ2v) is 4.73. The van der Waals surface area contributed by atoms with Gasteiger partial charge in [-0.25, -0.2) is 4.79 Å². The van der Waals surface area contributed by atoms with Crippen LogP contribution in [0, 0.1) is 5.92 Å². The molecule has 1 saturated heterocycles. The molecule has 0 bridgehead atoms. The molecule has 1 aliphatic rings. The first-order valence-electron chi connectivity index (χ1n) is 6.58. The number of aliphatic hydroxyl groups is 1. The zero-order valence-electron chi connectivity index (χ0n) is 10.8. The average Bonchev–Trinajstić information content (AvgIpc) is 2.91. The van der Waals surface area contributed by atoms with Crippen molar-refractivity contribution in [3.8, 4) is 0 Å². The van der Waals surface area contributed by atoms with E-state index in [1.807, 2.05) is 30.3 Å². The smallest absolute Gasteiger partial charge is 0.407 e. The van der Waals surface area contributed by atoms with Crippen molar-refractivity contribution in [3.05, 3.63) is 35.9 Å². The number of carbonyl (C=O) groups is 1. The predicted molar refractivity (Wildman–Crippen MR) is 71.6 cm³/mol. The monoisotopic (exact) mass is 264 g/mol. The van der Waals surface area contributed by atoms with Gasteiger partial charge in [-0.2, -0.15) is 0 Å². The lowest BCUT2D eigenvalue weighted by Gasteiger charge is -2.17. The molecule has 0 aromatic heterocycles. The van der Waals surface area contributed by atoms with Gasteiger partial charge in [0.2, 0.25) is 0 Å². The molecule has 3 N–H and O–H groups in total. The van der Waals surface area contributed by atoms with Crippen molar-refractivity contribution in [2.75, 3.05) is 19.7 Å². The van der Waals surface area contributed by atoms with Gasteiger partial charge in [-0.1, -0.05) is 30.3 Å². The molecule has 2 rings (SSSR count). The maximum Gasteiger partial charge on any atom is 0.407 e. The summed E-state index contributed by atoms with van der Waals surface area (Å²) in [5.74, 6) is 0.272. The molecular weight excluding hydrogens is 244 g/mol. The van der Waals surface area contributed by atoms with Crippen LogP contribution in [0.1, 0.15) is 12.0 Å². The third kappa shape index (κ3) is 4.22. The Hall–Kier alpha value is -1.59. The summed E-state index contributed by atoms with van der Waals surface area (Å²) in [6.45, 7) is 1.80. The van der Waals surface area contributed by atoms with Crippen molar-refractivity contribution >= 4 is 6.09 Å². The van der Waals surface area contributed by atoms with Gasteiger partial charge in [-0.05, 0) is 24.4 Å². The maximum atomic E-state index is 11.6. The highest BCUT2D eigenvalue weighted by atomic mass is 16.5. The van der Waals surface area contributed by atoms with Crippen molar-refractivity contribution < 1.29 is 14.6 Å². The predicted octanol–water partition coefficient (Wildman–Crippen LogP) is 0.883. The quantitative estimate of drug-likeness (QED) is 0.738. The van der Waals surface area contributed by atoms with Crippen molar-refractivity contribution in [2.45, 2.75) is 19.1 Å². The molecular formula is C14H20N2O3. The molecule has 5 heteroatoms. The van der Waals surface area contributed by atoms with Gasteiger partial charge < -0.3 is 20.5 Å². The fraction of sp³-hybridized carbons (Fsp3) is 0.500. The lowest BCUT2D eigenvalue weighted by Crippen LogP contribution is -2.38. The largest absolute Gasteiger partial charge is 0.445 e. The average molecular weight is 264 g/mol. The number of rotatable bonds is 5. The minimum absolute atomic E-state index is 0.0782. The van der Waals surface area contributed by atoms with E-state index in [4.69, 9.17) is 9.84 Å². The second-order valence-electron chi connectivity index (χ2n) is 4.73. The minimum atomic E-state index is -0.410. The normalized spacial score (nSPS) is 22.2. The van der Waals surface area contributed by atoms with Gasteiger partial charge in [0, 0.05) is 12.6 Å². The van der Waals surface area contributed by atoms with E-state index < -0.39 is 6.09 Å². The molecule has 104 valence electrons. The van der Waals surface area contributed by atoms with Gasteiger partial charge in [-0.3, -0.25) is 0 Å². The van der Waals surface area contributed by atoms with E-state index in [1.165, 1.54) is 0 Å². The number of hydrogen-bond donors (Lipinski definition) is 3. The zero-order valence-corrected chi connectivity index (χ0v) is 10.8. The van der Waals surface area contributed by atoms with Crippen molar-refractivity contribution in [2.24, 2.45) is 5.92 Å². The van der Waals surface area contributed by atoms with E-state index in [1.54, 1.807) is 0 Å². The fourth-order valence-corrected chi connectivity index (χ4v) is 2.27. The Morgan fingerprint density at radius 3 is 2.95 bits per heavy atom. The number of aliphatic hydroxyl groups excluding tert-OH is 1. The van der Waals surface area contributed by atoms with Crippen molar-refractivity contribution in [1.29, 1.82) is 0 Å². The Labute approximate surface area is 113 Å². The Kier molecular flexibility index (Phi) is 5.18. The third-order valence-electron chi connectivity index (χ3n) is 3.41. The van der Waals surface area contributed by atoms with E-state index in [9.17, 15) is 4.79 Å². The lowest BCUT2D eigenvalue weighted by atomic mass is 10.0. The van der Waals surface area contributed by atoms with E-state index in [0.717, 1.165) is 18.5 Å². The number of benzene rings is 1. The van der Waals surface area contributed by atoms with Crippen LogP contribution in [-0.2, 0) is 11.3 Å². The summed E-state index contributed by atoms with van der Waals surface area (Å²) in [7, 11) is 0. The van der Waals surface area contributed by atoms with Crippen LogP contribution >= 0.6 is 0 Å². The Balaban J connectivity index is 1.67. The molecule has 0 radical (unpaired) electrons. The summed E-state index contributed by atoms with van der Waals surface area (Å²) >= 11 is 0. The molecule has 1 unspecified atom stereocenters. The van der Waals surface area contributed by atoms with Crippen molar-refractivity contribution in [1.82, 2.24) is 10.6 Å². The molecule has 5 nitrogen and oxygen atoms in total. The lowest BCUT2D eigenvalue weighted by molar-refractivity contribution is 0.136. The van der Waals surface area contributed by atoms with E-state index in [-0.39, 0.29) is 25.2 Å². The topological polar surface area (TPSA) is 70.6 Å². The molecule has 2 atom stereocenters. The van der Waals surface area contributed by atoms with Crippen LogP contribution < -0.4 is 10.6 Å². The highest BCUT2D eigenvalue weighted by Crippen LogP contribution is 2.13. The standard InChI is InChI=1S/C14H20N2O3/c17-9-13-12(6-7-15-13)8-16-14(18)19-10-11-4-2-1-3-5-11/h1-5,12-13,15,17H,6-10H2,(H,16,18)/t12?,13-/m1/s1. The van der Waals surface area contributed by atoms with Crippen LogP contribution in [-0.4, -0.2) is 36.9 Å². The van der Waals surface area contributed by atoms with Crippen LogP contribution in [0.5, 0.6) is 0 Å². The Morgan fingerprint density at radius 2 is 2.21 bits per heavy atom. The Bertz CT molecular complexity index is 397. The van der Waals surface area contributed by atoms with Gasteiger partial charge >= 0.3 is 6.09 Å². The van der Waals surface area contributed by atoms with Crippen LogP contribution in [0.4, 0.5) is 4.79 Å². The Morgan fingerprint density at radius 1 is 1.42 bits per heavy atom. The number of carbonyl (C=O) groups excluding carboxylic acids is 1. The van der Waals surface area contributed by atoms with E-state index in [0.29, 0.717) is 6.54 Å². The van der Waals surface area contributed by atoms with Gasteiger partial charge in [0.25, 0.3) is 0 Å². The van der Waals surface area contributed by atoms with Crippen molar-refractivity contribution in [3.63, 3.8) is 0 Å². The number of amides is 1. The first-order chi connectivity index (χ1) is 9.29. The zero-order chi connectivity index (χ0) is 13.5. The number of ether oxygens (including phenoxy) is 1. The SMILES string of the molecule is O=C(NCC1CCN[C@@H]1CO)OCc1ccccc1. The molecule has 1 amide bonds. The van der Waals surface area contributed by atoms with Gasteiger partial charge in [0.1, 0.15) is 6.61 Å². The van der Waals surface area contributed by atoms with Gasteiger partial charge in [0.05, 0.1) is 6.61 Å².